The van der Waals surface area contributed by atoms with Crippen molar-refractivity contribution >= 4 is 28.6 Å². The highest BCUT2D eigenvalue weighted by Gasteiger charge is 2.78. The van der Waals surface area contributed by atoms with Crippen LogP contribution in [0, 0.1) is 28.6 Å². The van der Waals surface area contributed by atoms with E-state index >= 15 is 8.78 Å². The second kappa shape index (κ2) is 9.54. The Kier molecular flexibility index (Phi) is 7.32. The van der Waals surface area contributed by atoms with Gasteiger partial charge >= 0.3 is 5.97 Å². The summed E-state index contributed by atoms with van der Waals surface area (Å²) in [5, 5.41) is -0.605. The van der Waals surface area contributed by atoms with Crippen LogP contribution in [0.3, 0.4) is 0 Å². The Labute approximate surface area is 221 Å². The molecule has 4 rings (SSSR count). The number of carbonyl (C=O) groups is 3. The standard InChI is InChI=1S/C28H37F3O5S/c1-7-23(33)36-28(24(34)37-14-29)16(4)10-18-19-12-21(30)20-11-17(32)8-9-25(20,5)27(19,31)22(35-15(2)3)13-26(18,28)6/h8-9,11,15-16,18-19,21-22H,7,10,12-14H2,1-6H3/t16-,18+,19+,21+,22+,25+,26+,27+,28+/m1/s1. The molecule has 0 radical (unpaired) electrons. The van der Waals surface area contributed by atoms with Gasteiger partial charge < -0.3 is 9.47 Å². The van der Waals surface area contributed by atoms with Crippen LogP contribution >= 0.6 is 11.8 Å². The van der Waals surface area contributed by atoms with E-state index in [1.54, 1.807) is 41.5 Å². The number of ketones is 1. The number of allylic oxidation sites excluding steroid dienone is 4. The molecule has 4 aliphatic rings. The lowest BCUT2D eigenvalue weighted by Gasteiger charge is -2.64. The quantitative estimate of drug-likeness (QED) is 0.392. The van der Waals surface area contributed by atoms with Gasteiger partial charge in [-0.1, -0.05) is 26.8 Å². The Morgan fingerprint density at radius 3 is 2.49 bits per heavy atom. The number of rotatable bonds is 6. The molecule has 4 aliphatic carbocycles. The third kappa shape index (κ3) is 3.80. The van der Waals surface area contributed by atoms with Crippen molar-refractivity contribution in [1.82, 2.24) is 0 Å². The van der Waals surface area contributed by atoms with E-state index in [0.29, 0.717) is 18.2 Å². The van der Waals surface area contributed by atoms with E-state index in [1.807, 2.05) is 0 Å². The van der Waals surface area contributed by atoms with Gasteiger partial charge in [-0.2, -0.15) is 0 Å². The fourth-order valence-electron chi connectivity index (χ4n) is 8.07. The van der Waals surface area contributed by atoms with Crippen LogP contribution in [0.25, 0.3) is 0 Å². The lowest BCUT2D eigenvalue weighted by atomic mass is 9.44. The van der Waals surface area contributed by atoms with Gasteiger partial charge in [0.2, 0.25) is 5.12 Å². The molecule has 0 N–H and O–H groups in total. The summed E-state index contributed by atoms with van der Waals surface area (Å²) in [6.45, 7) is 10.3. The number of carbonyl (C=O) groups excluding carboxylic acids is 3. The average molecular weight is 543 g/mol. The summed E-state index contributed by atoms with van der Waals surface area (Å²) in [4.78, 5) is 38.5. The van der Waals surface area contributed by atoms with Crippen LogP contribution in [0.2, 0.25) is 0 Å². The van der Waals surface area contributed by atoms with Crippen molar-refractivity contribution in [3.8, 4) is 0 Å². The summed E-state index contributed by atoms with van der Waals surface area (Å²) >= 11 is 0.450. The molecule has 0 bridgehead atoms. The van der Waals surface area contributed by atoms with Crippen LogP contribution in [-0.4, -0.2) is 52.5 Å². The van der Waals surface area contributed by atoms with Crippen molar-refractivity contribution < 1.29 is 37.0 Å². The zero-order chi connectivity index (χ0) is 27.6. The minimum absolute atomic E-state index is 0.0167. The SMILES string of the molecule is CCC(=O)O[C@]1(C(=O)SCF)[C@H](C)C[C@H]2[C@@H]3C[C@H](F)C4=CC(=O)C=C[C@]4(C)[C@@]3(F)[C@@H](OC(C)C)C[C@@]21C. The topological polar surface area (TPSA) is 69.7 Å². The van der Waals surface area contributed by atoms with E-state index in [-0.39, 0.29) is 30.6 Å². The van der Waals surface area contributed by atoms with Crippen molar-refractivity contribution in [2.45, 2.75) is 96.9 Å². The molecule has 0 aromatic carbocycles. The Bertz CT molecular complexity index is 1040. The second-order valence-corrected chi connectivity index (χ2v) is 12.6. The molecular formula is C28H37F3O5S. The molecule has 9 heteroatoms. The van der Waals surface area contributed by atoms with Crippen LogP contribution in [0.1, 0.15) is 67.2 Å². The maximum Gasteiger partial charge on any atom is 0.306 e. The van der Waals surface area contributed by atoms with Gasteiger partial charge in [-0.05, 0) is 75.4 Å². The summed E-state index contributed by atoms with van der Waals surface area (Å²) in [6.07, 6.45) is 1.06. The minimum atomic E-state index is -2.09. The largest absolute Gasteiger partial charge is 0.449 e. The lowest BCUT2D eigenvalue weighted by Crippen LogP contribution is -2.71. The molecule has 0 heterocycles. The molecule has 37 heavy (non-hydrogen) atoms. The first-order valence-corrected chi connectivity index (χ1v) is 14.1. The zero-order valence-corrected chi connectivity index (χ0v) is 23.1. The molecule has 0 unspecified atom stereocenters. The predicted octanol–water partition coefficient (Wildman–Crippen LogP) is 5.86. The van der Waals surface area contributed by atoms with Gasteiger partial charge in [-0.3, -0.25) is 14.4 Å². The number of esters is 1. The maximum atomic E-state index is 18.0. The maximum absolute atomic E-state index is 18.0. The van der Waals surface area contributed by atoms with Crippen molar-refractivity contribution in [3.63, 3.8) is 0 Å². The normalized spacial score (nSPS) is 44.6. The van der Waals surface area contributed by atoms with Gasteiger partial charge in [0.05, 0.1) is 12.2 Å². The highest BCUT2D eigenvalue weighted by Crippen LogP contribution is 2.72. The molecule has 0 amide bonds. The first-order valence-electron chi connectivity index (χ1n) is 13.1. The third-order valence-electron chi connectivity index (χ3n) is 9.63. The number of thioether (sulfide) groups is 1. The lowest BCUT2D eigenvalue weighted by molar-refractivity contribution is -0.245. The molecule has 3 fully saturated rings. The predicted molar refractivity (Wildman–Crippen MR) is 135 cm³/mol. The van der Waals surface area contributed by atoms with Crippen LogP contribution in [0.5, 0.6) is 0 Å². The monoisotopic (exact) mass is 542 g/mol. The Balaban J connectivity index is 1.93. The van der Waals surface area contributed by atoms with Crippen LogP contribution in [0.15, 0.2) is 23.8 Å². The van der Waals surface area contributed by atoms with Crippen molar-refractivity contribution in [3.05, 3.63) is 23.8 Å². The van der Waals surface area contributed by atoms with Gasteiger partial charge in [-0.25, -0.2) is 13.2 Å². The number of ether oxygens (including phenoxy) is 2. The highest BCUT2D eigenvalue weighted by molar-refractivity contribution is 8.13. The van der Waals surface area contributed by atoms with Crippen LogP contribution in [0.4, 0.5) is 13.2 Å². The zero-order valence-electron chi connectivity index (χ0n) is 22.3. The Morgan fingerprint density at radius 2 is 1.89 bits per heavy atom. The summed E-state index contributed by atoms with van der Waals surface area (Å²) in [7, 11) is 0. The molecule has 0 aromatic rings. The highest BCUT2D eigenvalue weighted by atomic mass is 32.2. The minimum Gasteiger partial charge on any atom is -0.449 e. The molecule has 0 saturated heterocycles. The van der Waals surface area contributed by atoms with E-state index in [0.717, 1.165) is 0 Å². The van der Waals surface area contributed by atoms with E-state index < -0.39 is 75.3 Å². The molecule has 0 aromatic heterocycles. The number of fused-ring (bicyclic) bond motifs is 5. The fraction of sp³-hybridized carbons (Fsp3) is 0.750. The summed E-state index contributed by atoms with van der Waals surface area (Å²) in [5.41, 5.74) is -6.24. The number of alkyl halides is 3. The summed E-state index contributed by atoms with van der Waals surface area (Å²) in [5.74, 6) is -2.96. The van der Waals surface area contributed by atoms with Gasteiger partial charge in [0, 0.05) is 29.1 Å². The van der Waals surface area contributed by atoms with Gasteiger partial charge in [-0.15, -0.1) is 0 Å². The van der Waals surface area contributed by atoms with Crippen molar-refractivity contribution in [1.29, 1.82) is 0 Å². The van der Waals surface area contributed by atoms with Gasteiger partial charge in [0.1, 0.15) is 12.2 Å². The van der Waals surface area contributed by atoms with E-state index in [1.165, 1.54) is 18.2 Å². The fourth-order valence-corrected chi connectivity index (χ4v) is 8.85. The van der Waals surface area contributed by atoms with Crippen LogP contribution < -0.4 is 0 Å². The van der Waals surface area contributed by atoms with E-state index in [4.69, 9.17) is 9.47 Å². The van der Waals surface area contributed by atoms with Crippen molar-refractivity contribution in [2.75, 3.05) is 6.01 Å². The molecule has 9 atom stereocenters. The Morgan fingerprint density at radius 1 is 1.22 bits per heavy atom. The number of halogens is 3. The Hall–Kier alpha value is -1.61. The van der Waals surface area contributed by atoms with Gasteiger partial charge in [0.15, 0.2) is 17.1 Å². The first-order chi connectivity index (χ1) is 17.2. The third-order valence-corrected chi connectivity index (χ3v) is 10.3. The van der Waals surface area contributed by atoms with E-state index in [9.17, 15) is 18.8 Å². The number of hydrogen-bond acceptors (Lipinski definition) is 6. The molecular weight excluding hydrogens is 505 g/mol. The van der Waals surface area contributed by atoms with E-state index in [2.05, 4.69) is 0 Å². The van der Waals surface area contributed by atoms with Gasteiger partial charge in [0.25, 0.3) is 0 Å². The smallest absolute Gasteiger partial charge is 0.306 e. The molecule has 5 nitrogen and oxygen atoms in total. The van der Waals surface area contributed by atoms with Crippen LogP contribution in [-0.2, 0) is 23.9 Å². The summed E-state index contributed by atoms with van der Waals surface area (Å²) < 4.78 is 59.5. The van der Waals surface area contributed by atoms with Crippen molar-refractivity contribution in [2.24, 2.45) is 28.6 Å². The first kappa shape index (κ1) is 28.4. The molecule has 0 aliphatic heterocycles. The molecule has 0 spiro atoms. The molecule has 206 valence electrons. The molecule has 3 saturated carbocycles. The average Bonchev–Trinajstić information content (AvgIpc) is 3.04. The number of hydrogen-bond donors (Lipinski definition) is 0. The second-order valence-electron chi connectivity index (χ2n) is 11.8. The summed E-state index contributed by atoms with van der Waals surface area (Å²) in [6, 6.07) is -0.988.